The van der Waals surface area contributed by atoms with E-state index in [-0.39, 0.29) is 0 Å². The first-order chi connectivity index (χ1) is 10.3. The summed E-state index contributed by atoms with van der Waals surface area (Å²) in [4.78, 5) is 18.0. The molecule has 0 aliphatic heterocycles. The monoisotopic (exact) mass is 308 g/mol. The summed E-state index contributed by atoms with van der Waals surface area (Å²) in [6.07, 6.45) is 0. The van der Waals surface area contributed by atoms with Crippen molar-refractivity contribution in [3.8, 4) is 11.5 Å². The number of para-hydroxylation sites is 2. The fourth-order valence-electron chi connectivity index (χ4n) is 0.856. The summed E-state index contributed by atoms with van der Waals surface area (Å²) in [5, 5.41) is 32.1. The van der Waals surface area contributed by atoms with Crippen LogP contribution in [0.2, 0.25) is 0 Å². The van der Waals surface area contributed by atoms with Gasteiger partial charge in [-0.25, -0.2) is 0 Å². The molecule has 2 rings (SSSR count). The molecule has 0 aliphatic carbocycles. The number of benzene rings is 2. The normalized spacial score (nSPS) is 7.73. The lowest BCUT2D eigenvalue weighted by Crippen LogP contribution is -1.78. The molecule has 22 heavy (non-hydrogen) atoms. The van der Waals surface area contributed by atoms with Crippen LogP contribution in [0.3, 0.4) is 0 Å². The second-order valence-electron chi connectivity index (χ2n) is 3.71. The Hall–Kier alpha value is -3.02. The predicted octanol–water partition coefficient (Wildman–Crippen LogP) is 2.97. The van der Waals surface area contributed by atoms with Gasteiger partial charge in [-0.2, -0.15) is 0 Å². The first-order valence-corrected chi connectivity index (χ1v) is 6.12. The molecular formula is C16H20O6. The summed E-state index contributed by atoms with van der Waals surface area (Å²) < 4.78 is 0. The number of hydrogen-bond donors (Lipinski definition) is 4. The topological polar surface area (TPSA) is 115 Å². The molecule has 2 aromatic carbocycles. The lowest BCUT2D eigenvalue weighted by atomic mass is 10.3. The third-order valence-electron chi connectivity index (χ3n) is 1.51. The van der Waals surface area contributed by atoms with Crippen molar-refractivity contribution in [2.75, 3.05) is 0 Å². The molecule has 0 fully saturated rings. The predicted molar refractivity (Wildman–Crippen MR) is 82.8 cm³/mol. The molecular weight excluding hydrogens is 288 g/mol. The van der Waals surface area contributed by atoms with Crippen LogP contribution in [0.1, 0.15) is 13.8 Å². The number of carboxylic acids is 2. The van der Waals surface area contributed by atoms with E-state index in [0.29, 0.717) is 11.5 Å². The molecule has 0 aliphatic rings. The van der Waals surface area contributed by atoms with Crippen LogP contribution in [-0.2, 0) is 9.59 Å². The van der Waals surface area contributed by atoms with Crippen molar-refractivity contribution >= 4 is 11.9 Å². The van der Waals surface area contributed by atoms with Crippen molar-refractivity contribution in [2.45, 2.75) is 13.8 Å². The van der Waals surface area contributed by atoms with E-state index in [0.717, 1.165) is 13.8 Å². The quantitative estimate of drug-likeness (QED) is 0.594. The van der Waals surface area contributed by atoms with Crippen molar-refractivity contribution in [1.29, 1.82) is 0 Å². The van der Waals surface area contributed by atoms with E-state index in [4.69, 9.17) is 30.0 Å². The van der Waals surface area contributed by atoms with Crippen molar-refractivity contribution in [3.63, 3.8) is 0 Å². The van der Waals surface area contributed by atoms with Crippen LogP contribution in [-0.4, -0.2) is 32.4 Å². The lowest BCUT2D eigenvalue weighted by Gasteiger charge is -1.82. The van der Waals surface area contributed by atoms with Crippen molar-refractivity contribution < 1.29 is 30.0 Å². The number of phenolic OH excluding ortho intramolecular Hbond substituents is 2. The van der Waals surface area contributed by atoms with E-state index >= 15 is 0 Å². The standard InChI is InChI=1S/2C6H6O.2C2H4O2/c2*7-6-4-2-1-3-5-6;2*1-2(3)4/h2*1-5,7H;2*1H3,(H,3,4). The maximum absolute atomic E-state index is 9.00. The average Bonchev–Trinajstić information content (AvgIpc) is 2.40. The highest BCUT2D eigenvalue weighted by Crippen LogP contribution is 2.03. The fourth-order valence-corrected chi connectivity index (χ4v) is 0.856. The second-order valence-corrected chi connectivity index (χ2v) is 3.71. The molecule has 0 bridgehead atoms. The van der Waals surface area contributed by atoms with Gasteiger partial charge in [0.1, 0.15) is 11.5 Å². The first-order valence-electron chi connectivity index (χ1n) is 6.12. The molecule has 0 unspecified atom stereocenters. The number of rotatable bonds is 0. The highest BCUT2D eigenvalue weighted by Gasteiger charge is 1.75. The third kappa shape index (κ3) is 25.7. The van der Waals surface area contributed by atoms with E-state index < -0.39 is 11.9 Å². The van der Waals surface area contributed by atoms with Gasteiger partial charge in [0.25, 0.3) is 11.9 Å². The van der Waals surface area contributed by atoms with Gasteiger partial charge in [0, 0.05) is 13.8 Å². The smallest absolute Gasteiger partial charge is 0.300 e. The van der Waals surface area contributed by atoms with Crippen LogP contribution in [0.4, 0.5) is 0 Å². The van der Waals surface area contributed by atoms with Crippen LogP contribution < -0.4 is 0 Å². The number of aromatic hydroxyl groups is 2. The zero-order valence-corrected chi connectivity index (χ0v) is 12.4. The largest absolute Gasteiger partial charge is 0.508 e. The molecule has 0 aromatic heterocycles. The first kappa shape index (κ1) is 21.3. The summed E-state index contributed by atoms with van der Waals surface area (Å²) in [6.45, 7) is 2.17. The van der Waals surface area contributed by atoms with Crippen molar-refractivity contribution in [2.24, 2.45) is 0 Å². The minimum atomic E-state index is -0.833. The molecule has 0 heterocycles. The Kier molecular flexibility index (Phi) is 13.9. The van der Waals surface area contributed by atoms with Gasteiger partial charge in [0.05, 0.1) is 0 Å². The lowest BCUT2D eigenvalue weighted by molar-refractivity contribution is -0.135. The SMILES string of the molecule is CC(=O)O.CC(=O)O.Oc1ccccc1.Oc1ccccc1. The summed E-state index contributed by atoms with van der Waals surface area (Å²) in [6, 6.07) is 17.4. The van der Waals surface area contributed by atoms with Crippen LogP contribution in [0.5, 0.6) is 11.5 Å². The minimum Gasteiger partial charge on any atom is -0.508 e. The Morgan fingerprint density at radius 3 is 0.909 bits per heavy atom. The van der Waals surface area contributed by atoms with Crippen molar-refractivity contribution in [3.05, 3.63) is 60.7 Å². The van der Waals surface area contributed by atoms with E-state index in [9.17, 15) is 0 Å². The molecule has 0 saturated carbocycles. The molecule has 0 atom stereocenters. The Labute approximate surface area is 128 Å². The van der Waals surface area contributed by atoms with Crippen LogP contribution in [0.15, 0.2) is 60.7 Å². The van der Waals surface area contributed by atoms with Gasteiger partial charge in [0.2, 0.25) is 0 Å². The van der Waals surface area contributed by atoms with Gasteiger partial charge in [-0.05, 0) is 24.3 Å². The molecule has 0 amide bonds. The van der Waals surface area contributed by atoms with Gasteiger partial charge in [-0.15, -0.1) is 0 Å². The molecule has 6 heteroatoms. The summed E-state index contributed by atoms with van der Waals surface area (Å²) in [7, 11) is 0. The van der Waals surface area contributed by atoms with Gasteiger partial charge >= 0.3 is 0 Å². The van der Waals surface area contributed by atoms with E-state index in [1.807, 2.05) is 12.1 Å². The molecule has 0 saturated heterocycles. The van der Waals surface area contributed by atoms with Crippen molar-refractivity contribution in [1.82, 2.24) is 0 Å². The van der Waals surface area contributed by atoms with E-state index in [1.54, 1.807) is 48.5 Å². The maximum Gasteiger partial charge on any atom is 0.300 e. The Bertz CT molecular complexity index is 453. The van der Waals surface area contributed by atoms with E-state index in [2.05, 4.69) is 0 Å². The number of aliphatic carboxylic acids is 2. The van der Waals surface area contributed by atoms with Crippen LogP contribution in [0, 0.1) is 0 Å². The van der Waals surface area contributed by atoms with Gasteiger partial charge in [-0.1, -0.05) is 36.4 Å². The zero-order chi connectivity index (χ0) is 17.4. The summed E-state index contributed by atoms with van der Waals surface area (Å²) in [5.41, 5.74) is 0. The third-order valence-corrected chi connectivity index (χ3v) is 1.51. The number of hydrogen-bond acceptors (Lipinski definition) is 4. The second kappa shape index (κ2) is 14.4. The highest BCUT2D eigenvalue weighted by molar-refractivity contribution is 5.63. The molecule has 120 valence electrons. The molecule has 0 radical (unpaired) electrons. The molecule has 2 aromatic rings. The molecule has 6 nitrogen and oxygen atoms in total. The maximum atomic E-state index is 9.00. The van der Waals surface area contributed by atoms with Gasteiger partial charge < -0.3 is 20.4 Å². The number of carboxylic acid groups (broad SMARTS) is 2. The van der Waals surface area contributed by atoms with Crippen LogP contribution >= 0.6 is 0 Å². The Morgan fingerprint density at radius 2 is 0.818 bits per heavy atom. The molecule has 4 N–H and O–H groups in total. The minimum absolute atomic E-state index is 0.322. The zero-order valence-electron chi connectivity index (χ0n) is 12.4. The average molecular weight is 308 g/mol. The van der Waals surface area contributed by atoms with E-state index in [1.165, 1.54) is 0 Å². The number of phenols is 2. The Balaban J connectivity index is 0. The van der Waals surface area contributed by atoms with Gasteiger partial charge in [-0.3, -0.25) is 9.59 Å². The number of carbonyl (C=O) groups is 2. The fraction of sp³-hybridized carbons (Fsp3) is 0.125. The summed E-state index contributed by atoms with van der Waals surface area (Å²) >= 11 is 0. The van der Waals surface area contributed by atoms with Crippen LogP contribution in [0.25, 0.3) is 0 Å². The van der Waals surface area contributed by atoms with Gasteiger partial charge in [0.15, 0.2) is 0 Å². The Morgan fingerprint density at radius 1 is 0.636 bits per heavy atom. The molecule has 0 spiro atoms. The highest BCUT2D eigenvalue weighted by atomic mass is 16.4. The summed E-state index contributed by atoms with van der Waals surface area (Å²) in [5.74, 6) is -1.02.